The highest BCUT2D eigenvalue weighted by Gasteiger charge is 2.15. The molecular weight excluding hydrogens is 260 g/mol. The summed E-state index contributed by atoms with van der Waals surface area (Å²) < 4.78 is 5.48. The van der Waals surface area contributed by atoms with E-state index in [-0.39, 0.29) is 6.04 Å². The number of nitrogens with zero attached hydrogens (tertiary/aromatic N) is 1. The first-order valence-electron chi connectivity index (χ1n) is 6.39. The molecule has 19 heavy (non-hydrogen) atoms. The lowest BCUT2D eigenvalue weighted by atomic mass is 10.1. The summed E-state index contributed by atoms with van der Waals surface area (Å²) in [5.41, 5.74) is 2.01. The topological polar surface area (TPSA) is 28.4 Å². The van der Waals surface area contributed by atoms with Crippen molar-refractivity contribution in [1.29, 1.82) is 0 Å². The largest absolute Gasteiger partial charge is 0.467 e. The van der Waals surface area contributed by atoms with E-state index >= 15 is 0 Å². The molecule has 0 spiro atoms. The highest BCUT2D eigenvalue weighted by atomic mass is 35.5. The molecule has 2 rings (SSSR count). The van der Waals surface area contributed by atoms with Gasteiger partial charge in [0.25, 0.3) is 0 Å². The van der Waals surface area contributed by atoms with Crippen molar-refractivity contribution in [2.24, 2.45) is 0 Å². The molecule has 1 aromatic carbocycles. The highest BCUT2D eigenvalue weighted by Crippen LogP contribution is 2.35. The van der Waals surface area contributed by atoms with Crippen LogP contribution in [0.15, 0.2) is 41.0 Å². The standard InChI is InChI=1S/C15H19ClN2O/c1-4-12(14-9-6-10-19-14)17-13-8-5-7-11(16)15(13)18(2)3/h5-10,12,17H,4H2,1-3H3. The van der Waals surface area contributed by atoms with Crippen molar-refractivity contribution in [1.82, 2.24) is 0 Å². The van der Waals surface area contributed by atoms with Crippen molar-refractivity contribution < 1.29 is 4.42 Å². The molecule has 0 radical (unpaired) electrons. The molecule has 3 nitrogen and oxygen atoms in total. The summed E-state index contributed by atoms with van der Waals surface area (Å²) in [6, 6.07) is 9.92. The predicted molar refractivity (Wildman–Crippen MR) is 81.1 cm³/mol. The Morgan fingerprint density at radius 2 is 2.05 bits per heavy atom. The summed E-state index contributed by atoms with van der Waals surface area (Å²) in [6.07, 6.45) is 2.64. The van der Waals surface area contributed by atoms with E-state index in [0.29, 0.717) is 0 Å². The van der Waals surface area contributed by atoms with E-state index in [4.69, 9.17) is 16.0 Å². The van der Waals surface area contributed by atoms with Gasteiger partial charge in [-0.3, -0.25) is 0 Å². The second-order valence-electron chi connectivity index (χ2n) is 4.65. The zero-order chi connectivity index (χ0) is 13.8. The first-order chi connectivity index (χ1) is 9.13. The van der Waals surface area contributed by atoms with Crippen molar-refractivity contribution in [2.45, 2.75) is 19.4 Å². The number of anilines is 2. The number of furan rings is 1. The molecule has 4 heteroatoms. The van der Waals surface area contributed by atoms with Gasteiger partial charge in [-0.2, -0.15) is 0 Å². The van der Waals surface area contributed by atoms with Gasteiger partial charge in [-0.1, -0.05) is 24.6 Å². The van der Waals surface area contributed by atoms with Crippen LogP contribution in [0, 0.1) is 0 Å². The molecule has 1 heterocycles. The van der Waals surface area contributed by atoms with Gasteiger partial charge in [0.15, 0.2) is 0 Å². The molecule has 0 aliphatic carbocycles. The molecule has 102 valence electrons. The average molecular weight is 279 g/mol. The van der Waals surface area contributed by atoms with Crippen LogP contribution in [0.1, 0.15) is 25.1 Å². The van der Waals surface area contributed by atoms with Gasteiger partial charge in [-0.05, 0) is 30.7 Å². The molecule has 0 amide bonds. The number of nitrogens with one attached hydrogen (secondary N) is 1. The summed E-state index contributed by atoms with van der Waals surface area (Å²) in [6.45, 7) is 2.13. The van der Waals surface area contributed by atoms with Crippen LogP contribution in [-0.4, -0.2) is 14.1 Å². The molecule has 0 aliphatic heterocycles. The maximum absolute atomic E-state index is 6.27. The Morgan fingerprint density at radius 1 is 1.26 bits per heavy atom. The summed E-state index contributed by atoms with van der Waals surface area (Å²) in [7, 11) is 3.97. The summed E-state index contributed by atoms with van der Waals surface area (Å²) in [4.78, 5) is 2.01. The molecule has 0 saturated carbocycles. The number of hydrogen-bond donors (Lipinski definition) is 1. The zero-order valence-corrected chi connectivity index (χ0v) is 12.2. The minimum Gasteiger partial charge on any atom is -0.467 e. The number of para-hydroxylation sites is 1. The molecule has 0 fully saturated rings. The van der Waals surface area contributed by atoms with E-state index in [1.54, 1.807) is 6.26 Å². The fourth-order valence-electron chi connectivity index (χ4n) is 2.14. The minimum absolute atomic E-state index is 0.146. The van der Waals surface area contributed by atoms with Crippen molar-refractivity contribution >= 4 is 23.0 Å². The average Bonchev–Trinajstić information content (AvgIpc) is 2.89. The van der Waals surface area contributed by atoms with Crippen LogP contribution < -0.4 is 10.2 Å². The van der Waals surface area contributed by atoms with E-state index < -0.39 is 0 Å². The summed E-state index contributed by atoms with van der Waals surface area (Å²) in [5, 5.41) is 4.24. The molecule has 1 atom stereocenters. The molecule has 0 saturated heterocycles. The van der Waals surface area contributed by atoms with Crippen LogP contribution >= 0.6 is 11.6 Å². The third-order valence-corrected chi connectivity index (χ3v) is 3.36. The van der Waals surface area contributed by atoms with Gasteiger partial charge in [0.2, 0.25) is 0 Å². The van der Waals surface area contributed by atoms with Gasteiger partial charge in [0.1, 0.15) is 5.76 Å². The Morgan fingerprint density at radius 3 is 2.63 bits per heavy atom. The normalized spacial score (nSPS) is 12.2. The van der Waals surface area contributed by atoms with E-state index in [9.17, 15) is 0 Å². The number of benzene rings is 1. The smallest absolute Gasteiger partial charge is 0.125 e. The van der Waals surface area contributed by atoms with Crippen LogP contribution in [0.25, 0.3) is 0 Å². The Hall–Kier alpha value is -1.61. The molecule has 1 unspecified atom stereocenters. The van der Waals surface area contributed by atoms with Crippen LogP contribution in [0.3, 0.4) is 0 Å². The molecule has 0 aliphatic rings. The zero-order valence-electron chi connectivity index (χ0n) is 11.5. The lowest BCUT2D eigenvalue weighted by molar-refractivity contribution is 0.474. The van der Waals surface area contributed by atoms with Crippen molar-refractivity contribution in [3.8, 4) is 0 Å². The first kappa shape index (κ1) is 13.8. The van der Waals surface area contributed by atoms with E-state index in [1.165, 1.54) is 0 Å². The Kier molecular flexibility index (Phi) is 4.38. The summed E-state index contributed by atoms with van der Waals surface area (Å²) >= 11 is 6.27. The van der Waals surface area contributed by atoms with Gasteiger partial charge >= 0.3 is 0 Å². The van der Waals surface area contributed by atoms with E-state index in [1.807, 2.05) is 49.3 Å². The Balaban J connectivity index is 2.30. The van der Waals surface area contributed by atoms with Gasteiger partial charge in [-0.25, -0.2) is 0 Å². The van der Waals surface area contributed by atoms with Crippen molar-refractivity contribution in [3.05, 3.63) is 47.4 Å². The fourth-order valence-corrected chi connectivity index (χ4v) is 2.48. The van der Waals surface area contributed by atoms with Crippen LogP contribution in [0.5, 0.6) is 0 Å². The van der Waals surface area contributed by atoms with Gasteiger partial charge in [-0.15, -0.1) is 0 Å². The third-order valence-electron chi connectivity index (χ3n) is 3.06. The molecule has 2 aromatic rings. The second-order valence-corrected chi connectivity index (χ2v) is 5.06. The van der Waals surface area contributed by atoms with Gasteiger partial charge in [0, 0.05) is 14.1 Å². The predicted octanol–water partition coefficient (Wildman–Crippen LogP) is 4.56. The Bertz CT molecular complexity index is 523. The SMILES string of the molecule is CCC(Nc1cccc(Cl)c1N(C)C)c1ccco1. The fraction of sp³-hybridized carbons (Fsp3) is 0.333. The van der Waals surface area contributed by atoms with Crippen LogP contribution in [0.2, 0.25) is 5.02 Å². The second kappa shape index (κ2) is 6.02. The first-order valence-corrected chi connectivity index (χ1v) is 6.77. The maximum Gasteiger partial charge on any atom is 0.125 e. The highest BCUT2D eigenvalue weighted by molar-refractivity contribution is 6.34. The monoisotopic (exact) mass is 278 g/mol. The van der Waals surface area contributed by atoms with Gasteiger partial charge in [0.05, 0.1) is 28.7 Å². The molecule has 0 bridgehead atoms. The quantitative estimate of drug-likeness (QED) is 0.869. The lowest BCUT2D eigenvalue weighted by Crippen LogP contribution is -2.15. The van der Waals surface area contributed by atoms with E-state index in [2.05, 4.69) is 12.2 Å². The number of rotatable bonds is 5. The molecule has 1 aromatic heterocycles. The Labute approximate surface area is 119 Å². The molecule has 1 N–H and O–H groups in total. The number of halogens is 1. The van der Waals surface area contributed by atoms with Crippen LogP contribution in [0.4, 0.5) is 11.4 Å². The van der Waals surface area contributed by atoms with Crippen molar-refractivity contribution in [2.75, 3.05) is 24.3 Å². The third kappa shape index (κ3) is 3.04. The summed E-state index contributed by atoms with van der Waals surface area (Å²) in [5.74, 6) is 0.937. The van der Waals surface area contributed by atoms with E-state index in [0.717, 1.165) is 28.6 Å². The molecular formula is C15H19ClN2O. The van der Waals surface area contributed by atoms with Gasteiger partial charge < -0.3 is 14.6 Å². The van der Waals surface area contributed by atoms with Crippen molar-refractivity contribution in [3.63, 3.8) is 0 Å². The number of hydrogen-bond acceptors (Lipinski definition) is 3. The lowest BCUT2D eigenvalue weighted by Gasteiger charge is -2.23. The van der Waals surface area contributed by atoms with Crippen LogP contribution in [-0.2, 0) is 0 Å². The minimum atomic E-state index is 0.146. The maximum atomic E-state index is 6.27.